The largest absolute Gasteiger partial charge is 0.466 e. The van der Waals surface area contributed by atoms with Crippen LogP contribution in [0.15, 0.2) is 70.0 Å². The minimum Gasteiger partial charge on any atom is -0.466 e. The van der Waals surface area contributed by atoms with Gasteiger partial charge in [0.2, 0.25) is 5.78 Å². The fraction of sp³-hybridized carbons (Fsp3) is 0.0588. The third-order valence-electron chi connectivity index (χ3n) is 3.30. The van der Waals surface area contributed by atoms with Crippen LogP contribution in [0.4, 0.5) is 5.69 Å². The summed E-state index contributed by atoms with van der Waals surface area (Å²) in [6.07, 6.45) is 2.47. The van der Waals surface area contributed by atoms with Crippen LogP contribution in [0.5, 0.6) is 0 Å². The van der Waals surface area contributed by atoms with E-state index in [1.165, 1.54) is 18.4 Å². The Kier molecular flexibility index (Phi) is 4.71. The number of hydrogen-bond acceptors (Lipinski definition) is 6. The molecule has 0 radical (unpaired) electrons. The molecule has 0 amide bonds. The lowest BCUT2D eigenvalue weighted by Gasteiger charge is -2.17. The number of rotatable bonds is 3. The molecule has 0 unspecified atom stereocenters. The molecule has 2 heterocycles. The van der Waals surface area contributed by atoms with E-state index in [4.69, 9.17) is 16.6 Å². The van der Waals surface area contributed by atoms with E-state index in [9.17, 15) is 9.59 Å². The standard InChI is InChI=1S/C17H13N3O4S/c1-23-14(21)10-12-16(22)15(13-8-5-9-24-13)19-20(12)17(25)18-11-6-3-2-4-7-11/h2-10H,1H3,(H,18,25)/b12-10+. The predicted octanol–water partition coefficient (Wildman–Crippen LogP) is 2.32. The third kappa shape index (κ3) is 3.48. The average Bonchev–Trinajstić information content (AvgIpc) is 3.25. The fourth-order valence-electron chi connectivity index (χ4n) is 2.14. The van der Waals surface area contributed by atoms with Crippen LogP contribution in [0.25, 0.3) is 0 Å². The highest BCUT2D eigenvalue weighted by atomic mass is 32.1. The van der Waals surface area contributed by atoms with Gasteiger partial charge in [0.15, 0.2) is 16.6 Å². The van der Waals surface area contributed by atoms with Gasteiger partial charge in [-0.25, -0.2) is 9.80 Å². The van der Waals surface area contributed by atoms with Gasteiger partial charge >= 0.3 is 5.97 Å². The van der Waals surface area contributed by atoms with Gasteiger partial charge in [0.1, 0.15) is 5.70 Å². The maximum absolute atomic E-state index is 12.6. The topological polar surface area (TPSA) is 84.1 Å². The van der Waals surface area contributed by atoms with Crippen LogP contribution in [0, 0.1) is 0 Å². The highest BCUT2D eigenvalue weighted by Gasteiger charge is 2.35. The van der Waals surface area contributed by atoms with E-state index < -0.39 is 11.8 Å². The number of Topliss-reactive ketones (excluding diaryl/α,β-unsaturated/α-hetero) is 1. The van der Waals surface area contributed by atoms with E-state index in [0.29, 0.717) is 0 Å². The van der Waals surface area contributed by atoms with Crippen molar-refractivity contribution in [2.45, 2.75) is 0 Å². The quantitative estimate of drug-likeness (QED) is 0.514. The van der Waals surface area contributed by atoms with E-state index in [1.807, 2.05) is 30.3 Å². The molecule has 0 saturated heterocycles. The second kappa shape index (κ2) is 7.10. The zero-order valence-electron chi connectivity index (χ0n) is 13.1. The molecule has 0 atom stereocenters. The summed E-state index contributed by atoms with van der Waals surface area (Å²) in [4.78, 5) is 24.2. The molecule has 1 aliphatic heterocycles. The van der Waals surface area contributed by atoms with Crippen molar-refractivity contribution in [3.63, 3.8) is 0 Å². The number of hydrazone groups is 1. The van der Waals surface area contributed by atoms with E-state index >= 15 is 0 Å². The van der Waals surface area contributed by atoms with Gasteiger partial charge in [-0.05, 0) is 36.5 Å². The first-order chi connectivity index (χ1) is 12.1. The molecular weight excluding hydrogens is 342 g/mol. The SMILES string of the molecule is COC(=O)/C=C1\C(=O)C(c2ccco2)=NN1C(=S)Nc1ccccc1. The molecule has 8 heteroatoms. The molecule has 0 saturated carbocycles. The lowest BCUT2D eigenvalue weighted by atomic mass is 10.1. The Morgan fingerprint density at radius 3 is 2.68 bits per heavy atom. The Morgan fingerprint density at radius 2 is 2.04 bits per heavy atom. The van der Waals surface area contributed by atoms with Crippen molar-refractivity contribution in [2.24, 2.45) is 5.10 Å². The minimum atomic E-state index is -0.688. The van der Waals surface area contributed by atoms with Crippen molar-refractivity contribution in [2.75, 3.05) is 12.4 Å². The van der Waals surface area contributed by atoms with Crippen LogP contribution >= 0.6 is 12.2 Å². The van der Waals surface area contributed by atoms with E-state index in [0.717, 1.165) is 11.8 Å². The number of nitrogens with one attached hydrogen (secondary N) is 1. The Labute approximate surface area is 148 Å². The second-order valence-electron chi connectivity index (χ2n) is 4.92. The summed E-state index contributed by atoms with van der Waals surface area (Å²) in [7, 11) is 1.22. The minimum absolute atomic E-state index is 0.0216. The first-order valence-electron chi connectivity index (χ1n) is 7.23. The molecule has 1 aliphatic rings. The van der Waals surface area contributed by atoms with Gasteiger partial charge in [-0.3, -0.25) is 4.79 Å². The normalized spacial score (nSPS) is 15.2. The summed E-state index contributed by atoms with van der Waals surface area (Å²) in [6, 6.07) is 12.4. The van der Waals surface area contributed by atoms with Crippen LogP contribution in [-0.2, 0) is 14.3 Å². The number of esters is 1. The van der Waals surface area contributed by atoms with Crippen LogP contribution in [-0.4, -0.2) is 34.7 Å². The van der Waals surface area contributed by atoms with E-state index in [2.05, 4.69) is 15.2 Å². The Hall–Kier alpha value is -3.26. The summed E-state index contributed by atoms with van der Waals surface area (Å²) in [5, 5.41) is 8.48. The van der Waals surface area contributed by atoms with Crippen LogP contribution in [0.3, 0.4) is 0 Å². The zero-order valence-corrected chi connectivity index (χ0v) is 13.9. The maximum atomic E-state index is 12.6. The van der Waals surface area contributed by atoms with Crippen LogP contribution < -0.4 is 5.32 Å². The smallest absolute Gasteiger partial charge is 0.332 e. The van der Waals surface area contributed by atoms with E-state index in [1.54, 1.807) is 12.1 Å². The average molecular weight is 355 g/mol. The summed E-state index contributed by atoms with van der Waals surface area (Å²) in [5.74, 6) is -0.893. The number of benzene rings is 1. The van der Waals surface area contributed by atoms with Gasteiger partial charge in [0.25, 0.3) is 0 Å². The fourth-order valence-corrected chi connectivity index (χ4v) is 2.40. The molecule has 0 aliphatic carbocycles. The first kappa shape index (κ1) is 16.6. The van der Waals surface area contributed by atoms with Crippen LogP contribution in [0.1, 0.15) is 5.76 Å². The number of carbonyl (C=O) groups is 2. The van der Waals surface area contributed by atoms with E-state index in [-0.39, 0.29) is 22.3 Å². The highest BCUT2D eigenvalue weighted by molar-refractivity contribution is 7.80. The molecular formula is C17H13N3O4S. The molecule has 126 valence electrons. The van der Waals surface area contributed by atoms with Crippen molar-refractivity contribution in [3.8, 4) is 0 Å². The summed E-state index contributed by atoms with van der Waals surface area (Å²) in [6.45, 7) is 0. The number of ketones is 1. The van der Waals surface area contributed by atoms with Crippen molar-refractivity contribution >= 4 is 40.5 Å². The monoisotopic (exact) mass is 355 g/mol. The molecule has 0 fully saturated rings. The number of allylic oxidation sites excluding steroid dienone is 1. The zero-order chi connectivity index (χ0) is 17.8. The molecule has 0 bridgehead atoms. The lowest BCUT2D eigenvalue weighted by molar-refractivity contribution is -0.135. The Morgan fingerprint density at radius 1 is 1.28 bits per heavy atom. The van der Waals surface area contributed by atoms with Gasteiger partial charge in [-0.2, -0.15) is 5.10 Å². The number of carbonyl (C=O) groups excluding carboxylic acids is 2. The predicted molar refractivity (Wildman–Crippen MR) is 94.9 cm³/mol. The third-order valence-corrected chi connectivity index (χ3v) is 3.58. The van der Waals surface area contributed by atoms with Crippen molar-refractivity contribution in [1.82, 2.24) is 5.01 Å². The molecule has 0 spiro atoms. The number of ether oxygens (including phenoxy) is 1. The molecule has 1 aromatic heterocycles. The van der Waals surface area contributed by atoms with Crippen molar-refractivity contribution in [3.05, 3.63) is 66.3 Å². The van der Waals surface area contributed by atoms with Crippen molar-refractivity contribution < 1.29 is 18.7 Å². The number of hydrogen-bond donors (Lipinski definition) is 1. The first-order valence-corrected chi connectivity index (χ1v) is 7.64. The number of methoxy groups -OCH3 is 1. The molecule has 1 N–H and O–H groups in total. The number of thiocarbonyl (C=S) groups is 1. The van der Waals surface area contributed by atoms with Crippen LogP contribution in [0.2, 0.25) is 0 Å². The summed E-state index contributed by atoms with van der Waals surface area (Å²) >= 11 is 5.33. The van der Waals surface area contributed by atoms with Gasteiger partial charge in [-0.1, -0.05) is 18.2 Å². The molecule has 7 nitrogen and oxygen atoms in total. The van der Waals surface area contributed by atoms with Gasteiger partial charge < -0.3 is 14.5 Å². The molecule has 1 aromatic carbocycles. The molecule has 2 aromatic rings. The Bertz CT molecular complexity index is 873. The number of anilines is 1. The van der Waals surface area contributed by atoms with Crippen molar-refractivity contribution in [1.29, 1.82) is 0 Å². The second-order valence-corrected chi connectivity index (χ2v) is 5.30. The summed E-state index contributed by atoms with van der Waals surface area (Å²) < 4.78 is 9.83. The summed E-state index contributed by atoms with van der Waals surface area (Å²) in [5.41, 5.74) is 0.753. The maximum Gasteiger partial charge on any atom is 0.332 e. The molecule has 3 rings (SSSR count). The molecule has 25 heavy (non-hydrogen) atoms. The van der Waals surface area contributed by atoms with Gasteiger partial charge in [0.05, 0.1) is 19.4 Å². The Balaban J connectivity index is 1.94. The van der Waals surface area contributed by atoms with Gasteiger partial charge in [-0.15, -0.1) is 0 Å². The highest BCUT2D eigenvalue weighted by Crippen LogP contribution is 2.22. The van der Waals surface area contributed by atoms with Gasteiger partial charge in [0, 0.05) is 5.69 Å². The number of furan rings is 1. The number of para-hydroxylation sites is 1. The lowest BCUT2D eigenvalue weighted by Crippen LogP contribution is -2.29. The number of nitrogens with zero attached hydrogens (tertiary/aromatic N) is 2.